The molecule has 0 aliphatic rings. The van der Waals surface area contributed by atoms with Gasteiger partial charge in [0, 0.05) is 7.05 Å². The predicted molar refractivity (Wildman–Crippen MR) is 87.1 cm³/mol. The lowest BCUT2D eigenvalue weighted by Crippen LogP contribution is -2.37. The molecule has 0 radical (unpaired) electrons. The number of hydrogen-bond acceptors (Lipinski definition) is 2. The maximum absolute atomic E-state index is 12.4. The molecule has 5 heteroatoms. The molecule has 5 nitrogen and oxygen atoms in total. The van der Waals surface area contributed by atoms with Gasteiger partial charge in [0.15, 0.2) is 0 Å². The SMILES string of the molecule is C[C@H](c1ccccc1)N(C)C(=O)Nn1cnc2ccccc21. The third-order valence-corrected chi connectivity index (χ3v) is 3.85. The number of benzene rings is 2. The van der Waals surface area contributed by atoms with Crippen LogP contribution in [-0.2, 0) is 0 Å². The second kappa shape index (κ2) is 5.89. The zero-order chi connectivity index (χ0) is 15.5. The van der Waals surface area contributed by atoms with Gasteiger partial charge in [-0.15, -0.1) is 0 Å². The highest BCUT2D eigenvalue weighted by atomic mass is 16.2. The van der Waals surface area contributed by atoms with Gasteiger partial charge in [0.25, 0.3) is 0 Å². The van der Waals surface area contributed by atoms with Gasteiger partial charge in [-0.3, -0.25) is 0 Å². The fraction of sp³-hybridized carbons (Fsp3) is 0.176. The Hall–Kier alpha value is -2.82. The highest BCUT2D eigenvalue weighted by molar-refractivity contribution is 5.85. The van der Waals surface area contributed by atoms with E-state index in [1.54, 1.807) is 23.0 Å². The summed E-state index contributed by atoms with van der Waals surface area (Å²) in [4.78, 5) is 18.4. The number of nitrogens with one attached hydrogen (secondary N) is 1. The summed E-state index contributed by atoms with van der Waals surface area (Å²) in [5.41, 5.74) is 5.67. The van der Waals surface area contributed by atoms with E-state index in [0.29, 0.717) is 0 Å². The van der Waals surface area contributed by atoms with Crippen LogP contribution in [0.1, 0.15) is 18.5 Å². The van der Waals surface area contributed by atoms with E-state index in [4.69, 9.17) is 0 Å². The van der Waals surface area contributed by atoms with Crippen LogP contribution in [0.15, 0.2) is 60.9 Å². The van der Waals surface area contributed by atoms with Gasteiger partial charge in [-0.2, -0.15) is 0 Å². The molecule has 0 fully saturated rings. The Bertz CT molecular complexity index is 781. The number of carbonyl (C=O) groups is 1. The fourth-order valence-electron chi connectivity index (χ4n) is 2.36. The van der Waals surface area contributed by atoms with Gasteiger partial charge in [-0.1, -0.05) is 42.5 Å². The average molecular weight is 294 g/mol. The molecular formula is C17H18N4O. The van der Waals surface area contributed by atoms with E-state index in [2.05, 4.69) is 10.4 Å². The van der Waals surface area contributed by atoms with Crippen molar-refractivity contribution in [2.75, 3.05) is 12.5 Å². The molecule has 3 rings (SSSR count). The van der Waals surface area contributed by atoms with Crippen molar-refractivity contribution in [3.8, 4) is 0 Å². The summed E-state index contributed by atoms with van der Waals surface area (Å²) in [5, 5.41) is 0. The second-order valence-corrected chi connectivity index (χ2v) is 5.22. The highest BCUT2D eigenvalue weighted by Gasteiger charge is 2.17. The van der Waals surface area contributed by atoms with Gasteiger partial charge < -0.3 is 4.90 Å². The summed E-state index contributed by atoms with van der Waals surface area (Å²) in [6.45, 7) is 2.00. The molecule has 0 spiro atoms. The number of urea groups is 1. The number of hydrogen-bond donors (Lipinski definition) is 1. The average Bonchev–Trinajstić information content (AvgIpc) is 2.97. The van der Waals surface area contributed by atoms with E-state index in [1.807, 2.05) is 61.5 Å². The lowest BCUT2D eigenvalue weighted by Gasteiger charge is -2.25. The maximum Gasteiger partial charge on any atom is 0.336 e. The Kier molecular flexibility index (Phi) is 3.78. The van der Waals surface area contributed by atoms with Crippen LogP contribution in [0.25, 0.3) is 11.0 Å². The zero-order valence-corrected chi connectivity index (χ0v) is 12.6. The number of para-hydroxylation sites is 2. The summed E-state index contributed by atoms with van der Waals surface area (Å²) >= 11 is 0. The van der Waals surface area contributed by atoms with E-state index in [1.165, 1.54) is 0 Å². The molecule has 0 aliphatic carbocycles. The van der Waals surface area contributed by atoms with Gasteiger partial charge >= 0.3 is 6.03 Å². The summed E-state index contributed by atoms with van der Waals surface area (Å²) in [6.07, 6.45) is 1.61. The maximum atomic E-state index is 12.4. The van der Waals surface area contributed by atoms with E-state index in [9.17, 15) is 4.79 Å². The first-order chi connectivity index (χ1) is 10.7. The van der Waals surface area contributed by atoms with Crippen molar-refractivity contribution in [3.63, 3.8) is 0 Å². The molecule has 1 heterocycles. The Morgan fingerprint density at radius 3 is 2.59 bits per heavy atom. The summed E-state index contributed by atoms with van der Waals surface area (Å²) in [5.74, 6) is 0. The molecule has 3 aromatic rings. The normalized spacial score (nSPS) is 12.1. The standard InChI is InChI=1S/C17H18N4O/c1-13(14-8-4-3-5-9-14)20(2)17(22)19-21-12-18-15-10-6-7-11-16(15)21/h3-13H,1-2H3,(H,19,22)/t13-/m1/s1. The van der Waals surface area contributed by atoms with Crippen LogP contribution in [0.3, 0.4) is 0 Å². The van der Waals surface area contributed by atoms with Gasteiger partial charge in [0.2, 0.25) is 0 Å². The number of amides is 2. The van der Waals surface area contributed by atoms with Gasteiger partial charge in [-0.25, -0.2) is 19.9 Å². The molecule has 0 saturated heterocycles. The Labute approximate surface area is 129 Å². The molecule has 0 saturated carbocycles. The predicted octanol–water partition coefficient (Wildman–Crippen LogP) is 3.39. The quantitative estimate of drug-likeness (QED) is 0.805. The van der Waals surface area contributed by atoms with Crippen LogP contribution < -0.4 is 5.43 Å². The number of imidazole rings is 1. The third-order valence-electron chi connectivity index (χ3n) is 3.85. The van der Waals surface area contributed by atoms with Gasteiger partial charge in [-0.05, 0) is 24.6 Å². The lowest BCUT2D eigenvalue weighted by atomic mass is 10.1. The van der Waals surface area contributed by atoms with Crippen LogP contribution in [0.2, 0.25) is 0 Å². The lowest BCUT2D eigenvalue weighted by molar-refractivity contribution is 0.205. The molecule has 22 heavy (non-hydrogen) atoms. The van der Waals surface area contributed by atoms with E-state index >= 15 is 0 Å². The van der Waals surface area contributed by atoms with Gasteiger partial charge in [0.1, 0.15) is 6.33 Å². The van der Waals surface area contributed by atoms with Gasteiger partial charge in [0.05, 0.1) is 17.1 Å². The van der Waals surface area contributed by atoms with E-state index in [0.717, 1.165) is 16.6 Å². The van der Waals surface area contributed by atoms with Crippen molar-refractivity contribution in [1.29, 1.82) is 0 Å². The molecular weight excluding hydrogens is 276 g/mol. The molecule has 0 bridgehead atoms. The van der Waals surface area contributed by atoms with Crippen molar-refractivity contribution in [3.05, 3.63) is 66.5 Å². The first-order valence-corrected chi connectivity index (χ1v) is 7.17. The van der Waals surface area contributed by atoms with Crippen molar-refractivity contribution in [2.24, 2.45) is 0 Å². The molecule has 112 valence electrons. The van der Waals surface area contributed by atoms with Crippen LogP contribution >= 0.6 is 0 Å². The summed E-state index contributed by atoms with van der Waals surface area (Å²) in [6, 6.07) is 17.4. The van der Waals surface area contributed by atoms with E-state index in [-0.39, 0.29) is 12.1 Å². The Morgan fingerprint density at radius 1 is 1.14 bits per heavy atom. The van der Waals surface area contributed by atoms with Crippen LogP contribution in [-0.4, -0.2) is 27.6 Å². The largest absolute Gasteiger partial charge is 0.336 e. The molecule has 2 amide bonds. The van der Waals surface area contributed by atoms with Crippen LogP contribution in [0, 0.1) is 0 Å². The monoisotopic (exact) mass is 294 g/mol. The topological polar surface area (TPSA) is 50.2 Å². The second-order valence-electron chi connectivity index (χ2n) is 5.22. The molecule has 1 aromatic heterocycles. The van der Waals surface area contributed by atoms with Crippen LogP contribution in [0.5, 0.6) is 0 Å². The Balaban J connectivity index is 1.76. The number of fused-ring (bicyclic) bond motifs is 1. The van der Waals surface area contributed by atoms with Crippen molar-refractivity contribution < 1.29 is 4.79 Å². The molecule has 1 N–H and O–H groups in total. The minimum atomic E-state index is -0.181. The fourth-order valence-corrected chi connectivity index (χ4v) is 2.36. The van der Waals surface area contributed by atoms with Crippen LogP contribution in [0.4, 0.5) is 4.79 Å². The third kappa shape index (κ3) is 2.65. The minimum Gasteiger partial charge on any atom is -0.320 e. The zero-order valence-electron chi connectivity index (χ0n) is 12.6. The number of aromatic nitrogens is 2. The van der Waals surface area contributed by atoms with E-state index < -0.39 is 0 Å². The van der Waals surface area contributed by atoms with Crippen molar-refractivity contribution in [1.82, 2.24) is 14.6 Å². The van der Waals surface area contributed by atoms with Crippen molar-refractivity contribution in [2.45, 2.75) is 13.0 Å². The van der Waals surface area contributed by atoms with Crippen molar-refractivity contribution >= 4 is 17.1 Å². The summed E-state index contributed by atoms with van der Waals surface area (Å²) in [7, 11) is 1.78. The minimum absolute atomic E-state index is 0.0176. The Morgan fingerprint density at radius 2 is 1.82 bits per heavy atom. The smallest absolute Gasteiger partial charge is 0.320 e. The molecule has 2 aromatic carbocycles. The first-order valence-electron chi connectivity index (χ1n) is 7.17. The number of rotatable bonds is 3. The first kappa shape index (κ1) is 14.1. The number of carbonyl (C=O) groups excluding carboxylic acids is 1. The molecule has 1 atom stereocenters. The summed E-state index contributed by atoms with van der Waals surface area (Å²) < 4.78 is 1.64. The number of nitrogens with zero attached hydrogens (tertiary/aromatic N) is 3. The molecule has 0 aliphatic heterocycles. The molecule has 0 unspecified atom stereocenters. The highest BCUT2D eigenvalue weighted by Crippen LogP contribution is 2.18.